The molecule has 1 fully saturated rings. The third kappa shape index (κ3) is 4.91. The molecule has 1 aromatic rings. The summed E-state index contributed by atoms with van der Waals surface area (Å²) in [4.78, 5) is 13.0. The molecule has 1 aromatic heterocycles. The van der Waals surface area contributed by atoms with Gasteiger partial charge in [-0.2, -0.15) is 0 Å². The van der Waals surface area contributed by atoms with E-state index in [4.69, 9.17) is 17.0 Å². The summed E-state index contributed by atoms with van der Waals surface area (Å²) in [6.07, 6.45) is 7.01. The lowest BCUT2D eigenvalue weighted by Gasteiger charge is -2.29. The van der Waals surface area contributed by atoms with E-state index in [2.05, 4.69) is 24.5 Å². The van der Waals surface area contributed by atoms with E-state index in [9.17, 15) is 4.79 Å². The summed E-state index contributed by atoms with van der Waals surface area (Å²) in [5, 5.41) is 7.96. The van der Waals surface area contributed by atoms with E-state index in [1.54, 1.807) is 11.3 Å². The Balaban J connectivity index is 1.95. The molecule has 2 rings (SSSR count). The second-order valence-corrected chi connectivity index (χ2v) is 7.57. The number of nitrogens with one attached hydrogen (secondary N) is 2. The Bertz CT molecular complexity index is 549. The number of carbonyl (C=O) groups excluding carboxylic acids is 1. The molecule has 0 spiro atoms. The summed E-state index contributed by atoms with van der Waals surface area (Å²) in [5.41, 5.74) is 0.563. The summed E-state index contributed by atoms with van der Waals surface area (Å²) in [6, 6.07) is 2.32. The fraction of sp³-hybridized carbons (Fsp3) is 0.647. The Morgan fingerprint density at radius 2 is 2.04 bits per heavy atom. The van der Waals surface area contributed by atoms with E-state index < -0.39 is 0 Å². The zero-order chi connectivity index (χ0) is 16.8. The number of anilines is 1. The predicted molar refractivity (Wildman–Crippen MR) is 100 cm³/mol. The Labute approximate surface area is 148 Å². The number of methoxy groups -OCH3 is 1. The van der Waals surface area contributed by atoms with E-state index in [-0.39, 0.29) is 5.97 Å². The van der Waals surface area contributed by atoms with Gasteiger partial charge in [-0.05, 0) is 56.3 Å². The molecule has 128 valence electrons. The van der Waals surface area contributed by atoms with Crippen LogP contribution in [-0.2, 0) is 11.2 Å². The van der Waals surface area contributed by atoms with Crippen molar-refractivity contribution in [3.63, 3.8) is 0 Å². The molecule has 2 N–H and O–H groups in total. The molecule has 0 bridgehead atoms. The minimum Gasteiger partial charge on any atom is -0.465 e. The molecule has 1 heterocycles. The smallest absolute Gasteiger partial charge is 0.340 e. The summed E-state index contributed by atoms with van der Waals surface area (Å²) >= 11 is 6.99. The van der Waals surface area contributed by atoms with Gasteiger partial charge in [-0.15, -0.1) is 11.3 Å². The number of esters is 1. The van der Waals surface area contributed by atoms with Gasteiger partial charge in [-0.1, -0.05) is 20.3 Å². The van der Waals surface area contributed by atoms with Crippen molar-refractivity contribution in [3.8, 4) is 0 Å². The van der Waals surface area contributed by atoms with E-state index >= 15 is 0 Å². The van der Waals surface area contributed by atoms with Crippen LogP contribution in [0.3, 0.4) is 0 Å². The molecule has 0 radical (unpaired) electrons. The van der Waals surface area contributed by atoms with Crippen LogP contribution in [0.4, 0.5) is 5.00 Å². The van der Waals surface area contributed by atoms with Crippen LogP contribution in [0.2, 0.25) is 0 Å². The van der Waals surface area contributed by atoms with Gasteiger partial charge in [0.15, 0.2) is 5.11 Å². The molecule has 1 aliphatic rings. The lowest BCUT2D eigenvalue weighted by molar-refractivity contribution is 0.0602. The van der Waals surface area contributed by atoms with Gasteiger partial charge in [0.05, 0.1) is 12.7 Å². The minimum absolute atomic E-state index is 0.324. The summed E-state index contributed by atoms with van der Waals surface area (Å²) in [6.45, 7) is 4.33. The monoisotopic (exact) mass is 354 g/mol. The number of thiocarbonyl (C=S) groups is 1. The third-order valence-corrected chi connectivity index (χ3v) is 5.94. The van der Waals surface area contributed by atoms with E-state index in [0.29, 0.717) is 16.7 Å². The van der Waals surface area contributed by atoms with Crippen molar-refractivity contribution in [2.75, 3.05) is 12.4 Å². The van der Waals surface area contributed by atoms with E-state index in [1.807, 2.05) is 6.07 Å². The van der Waals surface area contributed by atoms with Gasteiger partial charge in [0.25, 0.3) is 0 Å². The molecule has 0 amide bonds. The van der Waals surface area contributed by atoms with Crippen LogP contribution in [0.15, 0.2) is 6.07 Å². The first-order valence-corrected chi connectivity index (χ1v) is 9.58. The normalized spacial score (nSPS) is 20.8. The zero-order valence-electron chi connectivity index (χ0n) is 14.1. The highest BCUT2D eigenvalue weighted by atomic mass is 32.1. The fourth-order valence-corrected chi connectivity index (χ4v) is 4.33. The van der Waals surface area contributed by atoms with Crippen LogP contribution in [0.5, 0.6) is 0 Å². The highest BCUT2D eigenvalue weighted by Gasteiger charge is 2.21. The summed E-state index contributed by atoms with van der Waals surface area (Å²) < 4.78 is 4.85. The number of ether oxygens (including phenoxy) is 1. The predicted octanol–water partition coefficient (Wildman–Crippen LogP) is 4.35. The van der Waals surface area contributed by atoms with Gasteiger partial charge in [-0.25, -0.2) is 4.79 Å². The highest BCUT2D eigenvalue weighted by Crippen LogP contribution is 2.30. The van der Waals surface area contributed by atoms with Crippen LogP contribution in [0.25, 0.3) is 0 Å². The van der Waals surface area contributed by atoms with Crippen LogP contribution in [0, 0.1) is 5.92 Å². The van der Waals surface area contributed by atoms with Crippen molar-refractivity contribution < 1.29 is 9.53 Å². The first kappa shape index (κ1) is 18.2. The van der Waals surface area contributed by atoms with E-state index in [0.717, 1.165) is 35.1 Å². The number of thiophene rings is 1. The number of aryl methyl sites for hydroxylation is 1. The highest BCUT2D eigenvalue weighted by molar-refractivity contribution is 7.80. The molecule has 0 aliphatic heterocycles. The molecule has 0 atom stereocenters. The molecule has 0 aromatic carbocycles. The van der Waals surface area contributed by atoms with Gasteiger partial charge in [0, 0.05) is 10.9 Å². The number of hydrogen-bond acceptors (Lipinski definition) is 4. The summed E-state index contributed by atoms with van der Waals surface area (Å²) in [5.74, 6) is 0.541. The lowest BCUT2D eigenvalue weighted by Crippen LogP contribution is -2.40. The molecular formula is C17H26N2O2S2. The number of carbonyl (C=O) groups is 1. The average molecular weight is 355 g/mol. The van der Waals surface area contributed by atoms with Gasteiger partial charge >= 0.3 is 5.97 Å². The Morgan fingerprint density at radius 1 is 1.35 bits per heavy atom. The van der Waals surface area contributed by atoms with Crippen LogP contribution in [-0.4, -0.2) is 24.2 Å². The number of rotatable bonds is 5. The molecule has 23 heavy (non-hydrogen) atoms. The first-order chi connectivity index (χ1) is 11.1. The second kappa shape index (κ2) is 8.64. The first-order valence-electron chi connectivity index (χ1n) is 8.35. The maximum Gasteiger partial charge on any atom is 0.340 e. The second-order valence-electron chi connectivity index (χ2n) is 6.03. The van der Waals surface area contributed by atoms with Gasteiger partial charge in [0.1, 0.15) is 5.00 Å². The van der Waals surface area contributed by atoms with Crippen LogP contribution < -0.4 is 10.6 Å². The third-order valence-electron chi connectivity index (χ3n) is 4.52. The van der Waals surface area contributed by atoms with Crippen molar-refractivity contribution in [1.29, 1.82) is 0 Å². The van der Waals surface area contributed by atoms with Crippen molar-refractivity contribution in [1.82, 2.24) is 5.32 Å². The Kier molecular flexibility index (Phi) is 6.84. The van der Waals surface area contributed by atoms with Crippen molar-refractivity contribution in [2.45, 2.75) is 58.4 Å². The molecular weight excluding hydrogens is 328 g/mol. The van der Waals surface area contributed by atoms with Crippen molar-refractivity contribution in [2.24, 2.45) is 5.92 Å². The molecule has 0 unspecified atom stereocenters. The topological polar surface area (TPSA) is 50.4 Å². The maximum absolute atomic E-state index is 11.9. The van der Waals surface area contributed by atoms with E-state index in [1.165, 1.54) is 26.4 Å². The maximum atomic E-state index is 11.9. The van der Waals surface area contributed by atoms with Gasteiger partial charge in [0.2, 0.25) is 0 Å². The molecule has 6 heteroatoms. The Morgan fingerprint density at radius 3 is 2.61 bits per heavy atom. The number of hydrogen-bond donors (Lipinski definition) is 2. The van der Waals surface area contributed by atoms with Crippen LogP contribution >= 0.6 is 23.6 Å². The molecule has 0 saturated heterocycles. The lowest BCUT2D eigenvalue weighted by atomic mass is 9.85. The standard InChI is InChI=1S/C17H26N2O2S2/c1-4-11-6-8-12(9-7-11)18-17(22)19-15-14(16(20)21-3)10-13(5-2)23-15/h10-12H,4-9H2,1-3H3,(H2,18,19,22). The van der Waals surface area contributed by atoms with Crippen molar-refractivity contribution >= 4 is 39.6 Å². The zero-order valence-corrected chi connectivity index (χ0v) is 15.7. The molecule has 4 nitrogen and oxygen atoms in total. The SMILES string of the molecule is CCc1cc(C(=O)OC)c(NC(=S)NC2CCC(CC)CC2)s1. The van der Waals surface area contributed by atoms with Crippen LogP contribution in [0.1, 0.15) is 61.2 Å². The largest absolute Gasteiger partial charge is 0.465 e. The van der Waals surface area contributed by atoms with Gasteiger partial charge < -0.3 is 15.4 Å². The Hall–Kier alpha value is -1.14. The quantitative estimate of drug-likeness (QED) is 0.608. The van der Waals surface area contributed by atoms with Crippen molar-refractivity contribution in [3.05, 3.63) is 16.5 Å². The minimum atomic E-state index is -0.324. The average Bonchev–Trinajstić information content (AvgIpc) is 2.97. The molecule has 1 saturated carbocycles. The molecule has 1 aliphatic carbocycles. The summed E-state index contributed by atoms with van der Waals surface area (Å²) in [7, 11) is 1.40. The fourth-order valence-electron chi connectivity index (χ4n) is 3.01. The van der Waals surface area contributed by atoms with Gasteiger partial charge in [-0.3, -0.25) is 0 Å².